The molecule has 12 nitrogen and oxygen atoms in total. The third-order valence-corrected chi connectivity index (χ3v) is 8.31. The van der Waals surface area contributed by atoms with E-state index in [1.807, 2.05) is 0 Å². The minimum absolute atomic E-state index is 0.00367. The number of amides is 2. The predicted octanol–water partition coefficient (Wildman–Crippen LogP) is 4.25. The fourth-order valence-corrected chi connectivity index (χ4v) is 5.58. The van der Waals surface area contributed by atoms with Crippen LogP contribution in [0.2, 0.25) is 5.02 Å². The first kappa shape index (κ1) is 33.6. The number of carboxylic acid groups (broad SMARTS) is 2. The molecule has 2 aromatic rings. The van der Waals surface area contributed by atoms with Crippen molar-refractivity contribution in [1.82, 2.24) is 9.80 Å². The van der Waals surface area contributed by atoms with Gasteiger partial charge >= 0.3 is 11.9 Å². The summed E-state index contributed by atoms with van der Waals surface area (Å²) in [6, 6.07) is 3.36. The molecular weight excluding hydrogens is 615 g/mol. The molecule has 2 N–H and O–H groups in total. The lowest BCUT2D eigenvalue weighted by atomic mass is 10.1. The Morgan fingerprint density at radius 2 is 1.31 bits per heavy atom. The Morgan fingerprint density at radius 1 is 0.800 bits per heavy atom. The highest BCUT2D eigenvalue weighted by molar-refractivity contribution is 6.33. The van der Waals surface area contributed by atoms with Crippen molar-refractivity contribution < 1.29 is 52.7 Å². The second-order valence-electron chi connectivity index (χ2n) is 11.2. The van der Waals surface area contributed by atoms with Crippen LogP contribution < -0.4 is 18.9 Å². The van der Waals surface area contributed by atoms with Crippen LogP contribution in [-0.2, 0) is 45.4 Å². The van der Waals surface area contributed by atoms with Gasteiger partial charge in [0.1, 0.15) is 0 Å². The van der Waals surface area contributed by atoms with Crippen molar-refractivity contribution in [3.63, 3.8) is 0 Å². The Labute approximate surface area is 264 Å². The fourth-order valence-electron chi connectivity index (χ4n) is 5.23. The topological polar surface area (TPSA) is 152 Å². The number of carboxylic acids is 2. The third-order valence-electron chi connectivity index (χ3n) is 7.91. The Hall–Kier alpha value is -4.26. The van der Waals surface area contributed by atoms with Crippen molar-refractivity contribution in [2.75, 3.05) is 27.4 Å². The van der Waals surface area contributed by atoms with Crippen LogP contribution in [0, 0.1) is 17.7 Å². The highest BCUT2D eigenvalue weighted by Gasteiger charge is 2.32. The Morgan fingerprint density at radius 3 is 1.84 bits per heavy atom. The molecule has 0 saturated carbocycles. The molecule has 2 aliphatic heterocycles. The number of fused-ring (bicyclic) bond motifs is 2. The standard InChI is InChI=1S/C31H36ClFN2O10/c1-16(30(38)39)8-24(36)34-12-18-11-23(28(43-4)26(32)20(18)14-34)44-6-5-7-45-29-22(42-3)10-19-13-35(15-21(19)27(29)33)25(37)9-17(2)31(40)41/h10-11,16-17H,5-9,12-15H2,1-4H3,(H,38,39)(H,40,41). The van der Waals surface area contributed by atoms with Crippen molar-refractivity contribution in [2.24, 2.45) is 11.8 Å². The normalized spacial score (nSPS) is 14.8. The highest BCUT2D eigenvalue weighted by atomic mass is 35.5. The summed E-state index contributed by atoms with van der Waals surface area (Å²) in [5.41, 5.74) is 2.32. The van der Waals surface area contributed by atoms with E-state index in [1.165, 1.54) is 37.9 Å². The van der Waals surface area contributed by atoms with E-state index in [1.54, 1.807) is 12.1 Å². The van der Waals surface area contributed by atoms with Crippen LogP contribution in [0.4, 0.5) is 4.39 Å². The molecular formula is C31H36ClFN2O10. The zero-order chi connectivity index (χ0) is 33.0. The number of benzene rings is 2. The lowest BCUT2D eigenvalue weighted by molar-refractivity contribution is -0.145. The van der Waals surface area contributed by atoms with Gasteiger partial charge in [-0.05, 0) is 28.8 Å². The summed E-state index contributed by atoms with van der Waals surface area (Å²) in [4.78, 5) is 50.5. The van der Waals surface area contributed by atoms with Gasteiger partial charge in [0.15, 0.2) is 28.8 Å². The maximum Gasteiger partial charge on any atom is 0.306 e. The van der Waals surface area contributed by atoms with Crippen molar-refractivity contribution >= 4 is 35.4 Å². The van der Waals surface area contributed by atoms with Gasteiger partial charge in [-0.25, -0.2) is 4.39 Å². The minimum Gasteiger partial charge on any atom is -0.493 e. The SMILES string of the molecule is COc1cc2c(c(F)c1OCCCOc1cc3c(c(Cl)c1OC)CN(C(=O)CC(C)C(=O)O)C3)CN(C(=O)CC(C)C(=O)O)C2. The van der Waals surface area contributed by atoms with Crippen LogP contribution in [0.5, 0.6) is 23.0 Å². The number of hydrogen-bond acceptors (Lipinski definition) is 8. The zero-order valence-corrected chi connectivity index (χ0v) is 26.2. The molecule has 244 valence electrons. The molecule has 0 aliphatic carbocycles. The molecule has 0 saturated heterocycles. The molecule has 2 unspecified atom stereocenters. The van der Waals surface area contributed by atoms with E-state index in [0.29, 0.717) is 39.6 Å². The average molecular weight is 651 g/mol. The summed E-state index contributed by atoms with van der Waals surface area (Å²) in [6.07, 6.45) is 0.0283. The first-order valence-electron chi connectivity index (χ1n) is 14.4. The zero-order valence-electron chi connectivity index (χ0n) is 25.5. The lowest BCUT2D eigenvalue weighted by Gasteiger charge is -2.16. The van der Waals surface area contributed by atoms with Crippen molar-refractivity contribution in [3.8, 4) is 23.0 Å². The average Bonchev–Trinajstić information content (AvgIpc) is 3.63. The number of hydrogen-bond donors (Lipinski definition) is 2. The molecule has 2 heterocycles. The fraction of sp³-hybridized carbons (Fsp3) is 0.484. The Bertz CT molecular complexity index is 1500. The monoisotopic (exact) mass is 650 g/mol. The van der Waals surface area contributed by atoms with Gasteiger partial charge in [-0.15, -0.1) is 0 Å². The van der Waals surface area contributed by atoms with Crippen LogP contribution >= 0.6 is 11.6 Å². The van der Waals surface area contributed by atoms with Gasteiger partial charge in [-0.1, -0.05) is 25.4 Å². The molecule has 2 amide bonds. The summed E-state index contributed by atoms with van der Waals surface area (Å²) in [5, 5.41) is 18.5. The number of halogens is 2. The maximum absolute atomic E-state index is 15.5. The molecule has 2 aliphatic rings. The molecule has 45 heavy (non-hydrogen) atoms. The van der Waals surface area contributed by atoms with Gasteiger partial charge in [0.2, 0.25) is 11.8 Å². The number of carbonyl (C=O) groups excluding carboxylic acids is 2. The summed E-state index contributed by atoms with van der Waals surface area (Å²) < 4.78 is 38.0. The smallest absolute Gasteiger partial charge is 0.306 e. The highest BCUT2D eigenvalue weighted by Crippen LogP contribution is 2.43. The lowest BCUT2D eigenvalue weighted by Crippen LogP contribution is -2.28. The summed E-state index contributed by atoms with van der Waals surface area (Å²) in [5.74, 6) is -4.36. The van der Waals surface area contributed by atoms with E-state index < -0.39 is 29.6 Å². The van der Waals surface area contributed by atoms with Crippen molar-refractivity contribution in [3.05, 3.63) is 45.2 Å². The van der Waals surface area contributed by atoms with Gasteiger partial charge in [0.05, 0.1) is 44.3 Å². The van der Waals surface area contributed by atoms with Gasteiger partial charge in [0, 0.05) is 51.0 Å². The van der Waals surface area contributed by atoms with Gasteiger partial charge in [-0.2, -0.15) is 0 Å². The Balaban J connectivity index is 1.36. The van der Waals surface area contributed by atoms with Crippen LogP contribution in [-0.4, -0.2) is 71.2 Å². The second kappa shape index (κ2) is 14.2. The van der Waals surface area contributed by atoms with Crippen LogP contribution in [0.25, 0.3) is 0 Å². The number of rotatable bonds is 14. The van der Waals surface area contributed by atoms with Gasteiger partial charge in [0.25, 0.3) is 0 Å². The molecule has 0 spiro atoms. The van der Waals surface area contributed by atoms with Gasteiger partial charge in [-0.3, -0.25) is 19.2 Å². The number of ether oxygens (including phenoxy) is 4. The van der Waals surface area contributed by atoms with Crippen LogP contribution in [0.1, 0.15) is 55.4 Å². The molecule has 0 bridgehead atoms. The number of nitrogens with zero attached hydrogens (tertiary/aromatic N) is 2. The molecule has 4 rings (SSSR count). The molecule has 14 heteroatoms. The van der Waals surface area contributed by atoms with Crippen molar-refractivity contribution in [2.45, 2.75) is 59.3 Å². The first-order chi connectivity index (χ1) is 21.4. The third kappa shape index (κ3) is 7.35. The molecule has 0 radical (unpaired) electrons. The quantitative estimate of drug-likeness (QED) is 0.284. The van der Waals surface area contributed by atoms with E-state index in [-0.39, 0.29) is 75.5 Å². The summed E-state index contributed by atoms with van der Waals surface area (Å²) >= 11 is 6.60. The summed E-state index contributed by atoms with van der Waals surface area (Å²) in [6.45, 7) is 3.76. The van der Waals surface area contributed by atoms with Crippen LogP contribution in [0.3, 0.4) is 0 Å². The number of methoxy groups -OCH3 is 2. The Kier molecular flexibility index (Phi) is 10.6. The summed E-state index contributed by atoms with van der Waals surface area (Å²) in [7, 11) is 2.83. The first-order valence-corrected chi connectivity index (χ1v) is 14.8. The van der Waals surface area contributed by atoms with E-state index in [9.17, 15) is 19.2 Å². The van der Waals surface area contributed by atoms with Crippen molar-refractivity contribution in [1.29, 1.82) is 0 Å². The van der Waals surface area contributed by atoms with Gasteiger partial charge < -0.3 is 39.0 Å². The molecule has 2 atom stereocenters. The molecule has 0 aromatic heterocycles. The number of carbonyl (C=O) groups is 4. The van der Waals surface area contributed by atoms with Crippen LogP contribution in [0.15, 0.2) is 12.1 Å². The molecule has 0 fully saturated rings. The van der Waals surface area contributed by atoms with E-state index in [0.717, 1.165) is 5.56 Å². The largest absolute Gasteiger partial charge is 0.493 e. The van der Waals surface area contributed by atoms with E-state index >= 15 is 4.39 Å². The second-order valence-corrected chi connectivity index (χ2v) is 11.5. The minimum atomic E-state index is -1.08. The van der Waals surface area contributed by atoms with E-state index in [4.69, 9.17) is 40.8 Å². The van der Waals surface area contributed by atoms with E-state index in [2.05, 4.69) is 0 Å². The maximum atomic E-state index is 15.5. The predicted molar refractivity (Wildman–Crippen MR) is 158 cm³/mol. The number of aliphatic carboxylic acids is 2. The molecule has 2 aromatic carbocycles.